The van der Waals surface area contributed by atoms with E-state index in [1.54, 1.807) is 17.2 Å². The molecule has 3 rings (SSSR count). The molecule has 1 heterocycles. The van der Waals surface area contributed by atoms with Crippen molar-refractivity contribution in [3.8, 4) is 11.1 Å². The van der Waals surface area contributed by atoms with E-state index in [0.29, 0.717) is 30.8 Å². The van der Waals surface area contributed by atoms with Crippen LogP contribution in [0.2, 0.25) is 0 Å². The monoisotopic (exact) mass is 786 g/mol. The number of alkyl halides is 3. The molecule has 0 unspecified atom stereocenters. The molecule has 0 aliphatic rings. The van der Waals surface area contributed by atoms with Crippen LogP contribution in [0.5, 0.6) is 0 Å². The minimum atomic E-state index is -5.08. The van der Waals surface area contributed by atoms with E-state index in [9.17, 15) is 46.2 Å². The lowest BCUT2D eigenvalue weighted by molar-refractivity contribution is -0.192. The number of nitrogens with two attached hydrogens (primary N) is 1. The molecule has 0 aliphatic heterocycles. The van der Waals surface area contributed by atoms with Gasteiger partial charge in [0, 0.05) is 48.3 Å². The number of rotatable bonds is 17. The lowest BCUT2D eigenvalue weighted by Gasteiger charge is -2.41. The average Bonchev–Trinajstić information content (AvgIpc) is 3.47. The second-order valence-corrected chi connectivity index (χ2v) is 14.1. The summed E-state index contributed by atoms with van der Waals surface area (Å²) in [6.07, 6.45) is -3.66. The van der Waals surface area contributed by atoms with Gasteiger partial charge in [-0.1, -0.05) is 51.1 Å². The Hall–Kier alpha value is -4.97. The van der Waals surface area contributed by atoms with Crippen molar-refractivity contribution >= 4 is 41.5 Å². The van der Waals surface area contributed by atoms with Gasteiger partial charge in [0.25, 0.3) is 0 Å². The molecular weight excluding hydrogens is 743 g/mol. The number of aliphatic carboxylic acids is 3. The summed E-state index contributed by atoms with van der Waals surface area (Å²) >= 11 is 1.03. The van der Waals surface area contributed by atoms with Gasteiger partial charge in [-0.3, -0.25) is 14.4 Å². The molecule has 296 valence electrons. The van der Waals surface area contributed by atoms with E-state index in [4.69, 9.17) is 20.7 Å². The molecule has 18 heteroatoms. The largest absolute Gasteiger partial charge is 0.490 e. The van der Waals surface area contributed by atoms with Crippen molar-refractivity contribution < 1.29 is 61.2 Å². The first-order valence-electron chi connectivity index (χ1n) is 16.5. The third-order valence-electron chi connectivity index (χ3n) is 7.65. The lowest BCUT2D eigenvalue weighted by Crippen LogP contribution is -2.45. The van der Waals surface area contributed by atoms with Crippen LogP contribution < -0.4 is 11.1 Å². The Bertz CT molecular complexity index is 1750. The predicted octanol–water partition coefficient (Wildman–Crippen LogP) is 5.55. The first-order chi connectivity index (χ1) is 25.1. The van der Waals surface area contributed by atoms with Crippen LogP contribution in [0.15, 0.2) is 60.8 Å². The molecule has 54 heavy (non-hydrogen) atoms. The first kappa shape index (κ1) is 45.2. The summed E-state index contributed by atoms with van der Waals surface area (Å²) in [5.74, 6) is -7.66. The Labute approximate surface area is 312 Å². The van der Waals surface area contributed by atoms with Gasteiger partial charge < -0.3 is 35.8 Å². The number of amides is 2. The zero-order valence-electron chi connectivity index (χ0n) is 29.7. The van der Waals surface area contributed by atoms with Crippen molar-refractivity contribution in [1.29, 1.82) is 0 Å². The van der Waals surface area contributed by atoms with Gasteiger partial charge in [-0.05, 0) is 48.2 Å². The molecule has 2 aromatic carbocycles. The Balaban J connectivity index is 0.00000131. The molecular formula is C36H43F5N4O8S. The molecule has 0 fully saturated rings. The number of hydrogen-bond donors (Lipinski definition) is 5. The van der Waals surface area contributed by atoms with E-state index in [1.807, 2.05) is 55.7 Å². The van der Waals surface area contributed by atoms with Gasteiger partial charge in [0.2, 0.25) is 11.8 Å². The molecule has 2 atom stereocenters. The molecule has 0 bridgehead atoms. The van der Waals surface area contributed by atoms with Crippen LogP contribution in [0.3, 0.4) is 0 Å². The number of hydrogen-bond acceptors (Lipinski definition) is 7. The normalized spacial score (nSPS) is 12.5. The van der Waals surface area contributed by atoms with Gasteiger partial charge in [-0.15, -0.1) is 11.8 Å². The van der Waals surface area contributed by atoms with Crippen molar-refractivity contribution in [1.82, 2.24) is 14.8 Å². The maximum Gasteiger partial charge on any atom is 0.490 e. The topological polar surface area (TPSA) is 192 Å². The molecule has 0 saturated heterocycles. The highest BCUT2D eigenvalue weighted by Crippen LogP contribution is 2.41. The summed E-state index contributed by atoms with van der Waals surface area (Å²) < 4.78 is 62.9. The maximum atomic E-state index is 15.0. The summed E-state index contributed by atoms with van der Waals surface area (Å²) in [6, 6.07) is 12.8. The average molecular weight is 787 g/mol. The van der Waals surface area contributed by atoms with Gasteiger partial charge in [0.15, 0.2) is 0 Å². The number of carboxylic acids is 3. The summed E-state index contributed by atoms with van der Waals surface area (Å²) in [6.45, 7) is 6.92. The van der Waals surface area contributed by atoms with Crippen LogP contribution in [-0.2, 0) is 30.5 Å². The maximum absolute atomic E-state index is 15.0. The van der Waals surface area contributed by atoms with Crippen LogP contribution in [0.1, 0.15) is 57.3 Å². The number of carboxylic acid groups (broad SMARTS) is 3. The molecule has 0 saturated carbocycles. The first-order valence-corrected chi connectivity index (χ1v) is 17.6. The molecule has 6 N–H and O–H groups in total. The van der Waals surface area contributed by atoms with E-state index in [-0.39, 0.29) is 35.9 Å². The van der Waals surface area contributed by atoms with Gasteiger partial charge in [-0.25, -0.2) is 18.4 Å². The second kappa shape index (κ2) is 20.5. The molecule has 0 aliphatic carbocycles. The Morgan fingerprint density at radius 3 is 2.11 bits per heavy atom. The minimum Gasteiger partial charge on any atom is -0.481 e. The van der Waals surface area contributed by atoms with Gasteiger partial charge in [-0.2, -0.15) is 13.2 Å². The van der Waals surface area contributed by atoms with E-state index >= 15 is 0 Å². The predicted molar refractivity (Wildman–Crippen MR) is 190 cm³/mol. The number of nitrogens with zero attached hydrogens (tertiary/aromatic N) is 2. The number of carbonyl (C=O) groups excluding carboxylic acids is 2. The number of nitrogens with one attached hydrogen (secondary N) is 1. The molecule has 0 spiro atoms. The Kier molecular flexibility index (Phi) is 17.1. The summed E-state index contributed by atoms with van der Waals surface area (Å²) in [4.78, 5) is 59.2. The van der Waals surface area contributed by atoms with Crippen molar-refractivity contribution in [2.24, 2.45) is 11.1 Å². The van der Waals surface area contributed by atoms with Crippen molar-refractivity contribution in [3.63, 3.8) is 0 Å². The third-order valence-corrected chi connectivity index (χ3v) is 8.67. The van der Waals surface area contributed by atoms with Crippen LogP contribution in [0.4, 0.5) is 22.0 Å². The highest BCUT2D eigenvalue weighted by Gasteiger charge is 2.39. The fraction of sp³-hybridized carbons (Fsp3) is 0.417. The molecule has 2 amide bonds. The fourth-order valence-electron chi connectivity index (χ4n) is 5.28. The molecule has 0 radical (unpaired) electrons. The van der Waals surface area contributed by atoms with E-state index in [1.165, 1.54) is 0 Å². The molecule has 1 aromatic heterocycles. The van der Waals surface area contributed by atoms with Crippen LogP contribution in [0, 0.1) is 17.0 Å². The third kappa shape index (κ3) is 14.5. The SMILES string of the molecule is CC(C)(C)[C@H](c1cc(-c2cc(F)ccc2F)cn1Cc1ccccc1)N(CCCN)C(=O)CSC[C@H](NC(=O)CCC(=O)O)C(=O)O.O=C(O)C(F)(F)F. The number of thioether (sulfide) groups is 1. The quantitative estimate of drug-likeness (QED) is 0.109. The van der Waals surface area contributed by atoms with Gasteiger partial charge in [0.1, 0.15) is 17.7 Å². The van der Waals surface area contributed by atoms with E-state index in [2.05, 4.69) is 5.32 Å². The van der Waals surface area contributed by atoms with Gasteiger partial charge in [0.05, 0.1) is 18.2 Å². The summed E-state index contributed by atoms with van der Waals surface area (Å²) in [7, 11) is 0. The number of carbonyl (C=O) groups is 5. The minimum absolute atomic E-state index is 0.0891. The second-order valence-electron chi connectivity index (χ2n) is 13.1. The standard InChI is InChI=1S/C34H42F2N4O6S.C2HF3O2/c1-34(2,3)32(40(15-7-14-37)30(42)21-47-20-27(33(45)46)38-29(41)12-13-31(43)44)28-16-23(25-17-24(35)10-11-26(25)36)19-39(28)18-22-8-5-4-6-9-22;3-2(4,5)1(6)7/h4-6,8-11,16-17,19,27,32H,7,12-15,18,20-21,37H2,1-3H3,(H,38,41)(H,43,44)(H,45,46);(H,6,7)/t27-,32-;/m0./s1. The number of aromatic nitrogens is 1. The Morgan fingerprint density at radius 1 is 0.944 bits per heavy atom. The molecule has 3 aromatic rings. The fourth-order valence-corrected chi connectivity index (χ4v) is 6.20. The zero-order valence-corrected chi connectivity index (χ0v) is 30.6. The van der Waals surface area contributed by atoms with Crippen LogP contribution in [-0.4, -0.2) is 91.3 Å². The van der Waals surface area contributed by atoms with E-state index < -0.39 is 65.5 Å². The number of halogens is 5. The summed E-state index contributed by atoms with van der Waals surface area (Å²) in [5, 5.41) is 27.8. The van der Waals surface area contributed by atoms with Crippen molar-refractivity contribution in [2.75, 3.05) is 24.6 Å². The highest BCUT2D eigenvalue weighted by molar-refractivity contribution is 8.00. The summed E-state index contributed by atoms with van der Waals surface area (Å²) in [5.41, 5.74) is 7.51. The van der Waals surface area contributed by atoms with Crippen molar-refractivity contribution in [3.05, 3.63) is 83.7 Å². The molecule has 12 nitrogen and oxygen atoms in total. The van der Waals surface area contributed by atoms with Crippen LogP contribution in [0.25, 0.3) is 11.1 Å². The smallest absolute Gasteiger partial charge is 0.481 e. The van der Waals surface area contributed by atoms with E-state index in [0.717, 1.165) is 35.5 Å². The highest BCUT2D eigenvalue weighted by atomic mass is 32.2. The van der Waals surface area contributed by atoms with Crippen LogP contribution >= 0.6 is 11.8 Å². The Morgan fingerprint density at radius 2 is 1.57 bits per heavy atom. The zero-order chi connectivity index (χ0) is 40.8. The van der Waals surface area contributed by atoms with Gasteiger partial charge >= 0.3 is 24.1 Å². The van der Waals surface area contributed by atoms with Crippen molar-refractivity contribution in [2.45, 2.75) is 64.8 Å². The lowest BCUT2D eigenvalue weighted by atomic mass is 9.83. The number of benzene rings is 2.